The highest BCUT2D eigenvalue weighted by Gasteiger charge is 2.19. The van der Waals surface area contributed by atoms with E-state index in [4.69, 9.17) is 9.97 Å². The molecule has 0 radical (unpaired) electrons. The third-order valence-electron chi connectivity index (χ3n) is 5.28. The minimum absolute atomic E-state index is 0.259. The normalized spacial score (nSPS) is 17.2. The molecule has 1 aliphatic heterocycles. The Balaban J connectivity index is 1.52. The summed E-state index contributed by atoms with van der Waals surface area (Å²) in [5.41, 5.74) is 3.37. The van der Waals surface area contributed by atoms with Gasteiger partial charge in [0.15, 0.2) is 0 Å². The maximum Gasteiger partial charge on any atom is 0.147 e. The van der Waals surface area contributed by atoms with Gasteiger partial charge in [0.2, 0.25) is 0 Å². The van der Waals surface area contributed by atoms with Crippen LogP contribution in [0.15, 0.2) is 42.6 Å². The minimum atomic E-state index is 0.259. The molecule has 0 bridgehead atoms. The number of hydrogen-bond donors (Lipinski definition) is 2. The third-order valence-corrected chi connectivity index (χ3v) is 5.28. The van der Waals surface area contributed by atoms with Crippen LogP contribution in [-0.4, -0.2) is 40.5 Å². The Morgan fingerprint density at radius 1 is 1.14 bits per heavy atom. The van der Waals surface area contributed by atoms with Crippen LogP contribution >= 0.6 is 0 Å². The molecule has 1 aliphatic rings. The van der Waals surface area contributed by atoms with Crippen molar-refractivity contribution in [3.05, 3.63) is 59.7 Å². The Labute approximate surface area is 166 Å². The van der Waals surface area contributed by atoms with Crippen molar-refractivity contribution in [2.24, 2.45) is 0 Å². The second kappa shape index (κ2) is 8.63. The monoisotopic (exact) mass is 376 g/mol. The fourth-order valence-corrected chi connectivity index (χ4v) is 3.88. The summed E-state index contributed by atoms with van der Waals surface area (Å²) in [6, 6.07) is 12.8. The fourth-order valence-electron chi connectivity index (χ4n) is 3.88. The molecule has 1 fully saturated rings. The molecule has 2 N–H and O–H groups in total. The van der Waals surface area contributed by atoms with Gasteiger partial charge in [-0.2, -0.15) is 0 Å². The first kappa shape index (κ1) is 18.8. The molecule has 0 aliphatic carbocycles. The number of fused-ring (bicyclic) bond motifs is 1. The topological polar surface area (TPSA) is 66.0 Å². The Morgan fingerprint density at radius 3 is 2.89 bits per heavy atom. The number of piperidine rings is 1. The smallest absolute Gasteiger partial charge is 0.147 e. The van der Waals surface area contributed by atoms with Gasteiger partial charge < -0.3 is 10.6 Å². The Bertz CT molecular complexity index is 930. The van der Waals surface area contributed by atoms with E-state index in [1.54, 1.807) is 0 Å². The molecule has 1 atom stereocenters. The van der Waals surface area contributed by atoms with Gasteiger partial charge in [-0.3, -0.25) is 9.88 Å². The number of hydrogen-bond acceptors (Lipinski definition) is 6. The maximum atomic E-state index is 4.88. The van der Waals surface area contributed by atoms with Crippen LogP contribution in [-0.2, 0) is 13.1 Å². The van der Waals surface area contributed by atoms with Crippen molar-refractivity contribution >= 4 is 16.7 Å². The van der Waals surface area contributed by atoms with E-state index in [-0.39, 0.29) is 6.04 Å². The largest absolute Gasteiger partial charge is 0.373 e. The molecule has 6 heteroatoms. The first-order chi connectivity index (χ1) is 13.7. The van der Waals surface area contributed by atoms with Crippen LogP contribution in [0.4, 0.5) is 5.82 Å². The van der Waals surface area contributed by atoms with E-state index in [0.29, 0.717) is 0 Å². The predicted molar refractivity (Wildman–Crippen MR) is 113 cm³/mol. The Kier molecular flexibility index (Phi) is 5.78. The van der Waals surface area contributed by atoms with Gasteiger partial charge >= 0.3 is 0 Å². The highest BCUT2D eigenvalue weighted by Crippen LogP contribution is 2.23. The number of nitrogens with zero attached hydrogens (tertiary/aromatic N) is 4. The van der Waals surface area contributed by atoms with Gasteiger partial charge in [-0.1, -0.05) is 24.6 Å². The zero-order valence-corrected chi connectivity index (χ0v) is 16.7. The number of aromatic nitrogens is 3. The Hall–Kier alpha value is -2.57. The summed E-state index contributed by atoms with van der Waals surface area (Å²) < 4.78 is 0. The average molecular weight is 377 g/mol. The quantitative estimate of drug-likeness (QED) is 0.686. The SMILES string of the molecule is CNc1cc(CN(C)Cc2cccc3ncccc23)nc([C@@H]2CCCCN2)n1. The van der Waals surface area contributed by atoms with Crippen LogP contribution in [0.3, 0.4) is 0 Å². The summed E-state index contributed by atoms with van der Waals surface area (Å²) in [6.45, 7) is 2.66. The molecule has 0 amide bonds. The highest BCUT2D eigenvalue weighted by molar-refractivity contribution is 5.81. The third kappa shape index (κ3) is 4.29. The van der Waals surface area contributed by atoms with Gasteiger partial charge in [0.25, 0.3) is 0 Å². The fraction of sp³-hybridized carbons (Fsp3) is 0.409. The van der Waals surface area contributed by atoms with Gasteiger partial charge in [-0.05, 0) is 44.1 Å². The highest BCUT2D eigenvalue weighted by atomic mass is 15.1. The molecule has 146 valence electrons. The van der Waals surface area contributed by atoms with E-state index in [2.05, 4.69) is 51.8 Å². The lowest BCUT2D eigenvalue weighted by molar-refractivity contribution is 0.314. The molecule has 2 aromatic heterocycles. The van der Waals surface area contributed by atoms with Crippen molar-refractivity contribution in [1.29, 1.82) is 0 Å². The summed E-state index contributed by atoms with van der Waals surface area (Å²) >= 11 is 0. The number of rotatable bonds is 6. The molecular weight excluding hydrogens is 348 g/mol. The standard InChI is InChI=1S/C22H28N6/c1-23-21-13-17(26-22(27-21)20-9-3-4-11-25-20)15-28(2)14-16-7-5-10-19-18(16)8-6-12-24-19/h5-8,10,12-13,20,25H,3-4,9,11,14-15H2,1-2H3,(H,23,26,27)/t20-/m0/s1. The van der Waals surface area contributed by atoms with Crippen molar-refractivity contribution in [3.8, 4) is 0 Å². The first-order valence-electron chi connectivity index (χ1n) is 10.0. The minimum Gasteiger partial charge on any atom is -0.373 e. The van der Waals surface area contributed by atoms with E-state index < -0.39 is 0 Å². The van der Waals surface area contributed by atoms with Gasteiger partial charge in [0.1, 0.15) is 11.6 Å². The molecule has 0 saturated carbocycles. The van der Waals surface area contributed by atoms with Crippen molar-refractivity contribution in [2.45, 2.75) is 38.4 Å². The second-order valence-electron chi connectivity index (χ2n) is 7.51. The van der Waals surface area contributed by atoms with Gasteiger partial charge in [-0.15, -0.1) is 0 Å². The second-order valence-corrected chi connectivity index (χ2v) is 7.51. The molecule has 1 aromatic carbocycles. The zero-order valence-electron chi connectivity index (χ0n) is 16.7. The van der Waals surface area contributed by atoms with Crippen LogP contribution in [0.5, 0.6) is 0 Å². The lowest BCUT2D eigenvalue weighted by Gasteiger charge is -2.24. The lowest BCUT2D eigenvalue weighted by atomic mass is 10.0. The lowest BCUT2D eigenvalue weighted by Crippen LogP contribution is -2.29. The number of benzene rings is 1. The van der Waals surface area contributed by atoms with Crippen LogP contribution in [0, 0.1) is 0 Å². The van der Waals surface area contributed by atoms with E-state index in [1.807, 2.05) is 25.4 Å². The average Bonchev–Trinajstić information content (AvgIpc) is 2.74. The predicted octanol–water partition coefficient (Wildman–Crippen LogP) is 3.51. The van der Waals surface area contributed by atoms with Crippen molar-refractivity contribution in [2.75, 3.05) is 26.0 Å². The van der Waals surface area contributed by atoms with Crippen LogP contribution in [0.25, 0.3) is 10.9 Å². The maximum absolute atomic E-state index is 4.88. The van der Waals surface area contributed by atoms with Gasteiger partial charge in [-0.25, -0.2) is 9.97 Å². The number of pyridine rings is 1. The molecule has 28 heavy (non-hydrogen) atoms. The molecule has 4 rings (SSSR count). The molecular formula is C22H28N6. The number of nitrogens with one attached hydrogen (secondary N) is 2. The molecule has 3 heterocycles. The zero-order chi connectivity index (χ0) is 19.3. The summed E-state index contributed by atoms with van der Waals surface area (Å²) in [4.78, 5) is 16.3. The first-order valence-corrected chi connectivity index (χ1v) is 10.0. The van der Waals surface area contributed by atoms with Crippen LogP contribution < -0.4 is 10.6 Å². The molecule has 0 spiro atoms. The van der Waals surface area contributed by atoms with Gasteiger partial charge in [0, 0.05) is 37.8 Å². The summed E-state index contributed by atoms with van der Waals surface area (Å²) in [5.74, 6) is 1.79. The van der Waals surface area contributed by atoms with Crippen LogP contribution in [0.2, 0.25) is 0 Å². The Morgan fingerprint density at radius 2 is 2.07 bits per heavy atom. The van der Waals surface area contributed by atoms with Gasteiger partial charge in [0.05, 0.1) is 17.3 Å². The van der Waals surface area contributed by atoms with E-state index in [9.17, 15) is 0 Å². The van der Waals surface area contributed by atoms with E-state index in [0.717, 1.165) is 48.9 Å². The molecule has 6 nitrogen and oxygen atoms in total. The van der Waals surface area contributed by atoms with Crippen molar-refractivity contribution in [1.82, 2.24) is 25.2 Å². The molecule has 3 aromatic rings. The molecule has 1 saturated heterocycles. The van der Waals surface area contributed by atoms with Crippen LogP contribution in [0.1, 0.15) is 42.4 Å². The van der Waals surface area contributed by atoms with E-state index >= 15 is 0 Å². The summed E-state index contributed by atoms with van der Waals surface area (Å²) in [6.07, 6.45) is 5.41. The van der Waals surface area contributed by atoms with Crippen molar-refractivity contribution in [3.63, 3.8) is 0 Å². The molecule has 0 unspecified atom stereocenters. The summed E-state index contributed by atoms with van der Waals surface area (Å²) in [5, 5.41) is 7.95. The summed E-state index contributed by atoms with van der Waals surface area (Å²) in [7, 11) is 4.05. The van der Waals surface area contributed by atoms with Crippen molar-refractivity contribution < 1.29 is 0 Å². The van der Waals surface area contributed by atoms with E-state index in [1.165, 1.54) is 23.8 Å². The number of anilines is 1.